The highest BCUT2D eigenvalue weighted by Crippen LogP contribution is 2.58. The molecular weight excluding hydrogens is 1300 g/mol. The average molecular weight is 1440 g/mol. The largest absolute Gasteiger partial charge is 0.530 e. The molecular formula is C102H135O3P. The van der Waals surface area contributed by atoms with Crippen molar-refractivity contribution in [2.45, 2.75) is 314 Å². The third kappa shape index (κ3) is 18.2. The Hall–Kier alpha value is -7.19. The topological polar surface area (TPSA) is 27.7 Å². The Morgan fingerprint density at radius 3 is 0.491 bits per heavy atom. The van der Waals surface area contributed by atoms with Crippen LogP contribution in [0, 0.1) is 0 Å². The van der Waals surface area contributed by atoms with E-state index in [1.807, 2.05) is 0 Å². The molecule has 0 saturated heterocycles. The minimum Gasteiger partial charge on any atom is -0.408 e. The van der Waals surface area contributed by atoms with Crippen molar-refractivity contribution in [2.24, 2.45) is 0 Å². The van der Waals surface area contributed by atoms with Crippen LogP contribution in [0.25, 0.3) is 66.8 Å². The van der Waals surface area contributed by atoms with E-state index in [9.17, 15) is 0 Å². The number of hydrogen-bond donors (Lipinski definition) is 0. The summed E-state index contributed by atoms with van der Waals surface area (Å²) in [4.78, 5) is 0. The highest BCUT2D eigenvalue weighted by molar-refractivity contribution is 7.43. The van der Waals surface area contributed by atoms with Crippen molar-refractivity contribution in [3.05, 3.63) is 231 Å². The normalized spacial score (nSPS) is 13.6. The van der Waals surface area contributed by atoms with E-state index in [2.05, 4.69) is 413 Å². The van der Waals surface area contributed by atoms with Gasteiger partial charge < -0.3 is 13.6 Å². The summed E-state index contributed by atoms with van der Waals surface area (Å²) >= 11 is 0. The summed E-state index contributed by atoms with van der Waals surface area (Å²) in [6, 6.07) is 63.2. The van der Waals surface area contributed by atoms with E-state index in [-0.39, 0.29) is 65.0 Å². The average Bonchev–Trinajstić information content (AvgIpc) is 0.754. The van der Waals surface area contributed by atoms with Crippen LogP contribution >= 0.6 is 8.60 Å². The van der Waals surface area contributed by atoms with Gasteiger partial charge in [-0.05, 0) is 200 Å². The second kappa shape index (κ2) is 28.7. The summed E-state index contributed by atoms with van der Waals surface area (Å²) in [6.07, 6.45) is 0. The molecule has 0 bridgehead atoms. The van der Waals surface area contributed by atoms with Gasteiger partial charge in [0, 0.05) is 16.7 Å². The van der Waals surface area contributed by atoms with Crippen molar-refractivity contribution in [3.63, 3.8) is 0 Å². The van der Waals surface area contributed by atoms with Crippen LogP contribution in [0.15, 0.2) is 164 Å². The quantitative estimate of drug-likeness (QED) is 0.114. The second-order valence-corrected chi connectivity index (χ2v) is 44.1. The maximum absolute atomic E-state index is 8.22. The van der Waals surface area contributed by atoms with Gasteiger partial charge >= 0.3 is 8.60 Å². The van der Waals surface area contributed by atoms with Crippen molar-refractivity contribution in [1.82, 2.24) is 0 Å². The molecule has 0 saturated carbocycles. The fourth-order valence-corrected chi connectivity index (χ4v) is 15.8. The first kappa shape index (κ1) is 82.9. The summed E-state index contributed by atoms with van der Waals surface area (Å²) in [5.74, 6) is 2.01. The van der Waals surface area contributed by atoms with Crippen molar-refractivity contribution in [1.29, 1.82) is 0 Å². The molecule has 0 fully saturated rings. The lowest BCUT2D eigenvalue weighted by atomic mass is 9.74. The highest BCUT2D eigenvalue weighted by atomic mass is 31.2. The third-order valence-electron chi connectivity index (χ3n) is 21.4. The van der Waals surface area contributed by atoms with Crippen LogP contribution in [0.2, 0.25) is 0 Å². The van der Waals surface area contributed by atoms with Crippen molar-refractivity contribution >= 4 is 8.60 Å². The molecule has 0 radical (unpaired) electrons. The van der Waals surface area contributed by atoms with Gasteiger partial charge in [0.25, 0.3) is 0 Å². The van der Waals surface area contributed by atoms with Gasteiger partial charge in [0.05, 0.1) is 0 Å². The zero-order valence-electron chi connectivity index (χ0n) is 72.8. The third-order valence-corrected chi connectivity index (χ3v) is 22.5. The van der Waals surface area contributed by atoms with Gasteiger partial charge in [-0.15, -0.1) is 0 Å². The first-order valence-electron chi connectivity index (χ1n) is 39.3. The lowest BCUT2D eigenvalue weighted by Crippen LogP contribution is -2.19. The Kier molecular flexibility index (Phi) is 22.4. The Bertz CT molecular complexity index is 4230. The van der Waals surface area contributed by atoms with Crippen molar-refractivity contribution < 1.29 is 13.6 Å². The zero-order chi connectivity index (χ0) is 79.4. The van der Waals surface area contributed by atoms with E-state index >= 15 is 0 Å². The van der Waals surface area contributed by atoms with E-state index in [1.165, 1.54) is 66.8 Å². The van der Waals surface area contributed by atoms with Gasteiger partial charge in [-0.1, -0.05) is 395 Å². The Morgan fingerprint density at radius 1 is 0.170 bits per heavy atom. The van der Waals surface area contributed by atoms with Crippen LogP contribution in [0.4, 0.5) is 0 Å². The monoisotopic (exact) mass is 1440 g/mol. The van der Waals surface area contributed by atoms with Crippen molar-refractivity contribution in [2.75, 3.05) is 0 Å². The molecule has 0 heterocycles. The maximum atomic E-state index is 8.22. The minimum atomic E-state index is -2.49. The summed E-state index contributed by atoms with van der Waals surface area (Å²) in [5, 5.41) is 0. The predicted molar refractivity (Wildman–Crippen MR) is 465 cm³/mol. The number of hydrogen-bond acceptors (Lipinski definition) is 3. The van der Waals surface area contributed by atoms with Crippen LogP contribution in [0.3, 0.4) is 0 Å². The molecule has 9 aromatic carbocycles. The van der Waals surface area contributed by atoms with Gasteiger partial charge in [-0.2, -0.15) is 0 Å². The fourth-order valence-electron chi connectivity index (χ4n) is 14.8. The maximum Gasteiger partial charge on any atom is 0.530 e. The molecule has 0 aliphatic rings. The minimum absolute atomic E-state index is 0.0791. The standard InChI is InChI=1S/C102H135O3P/c1-91(2,3)64-46-52-70(79(58-64)97(19,20)21)73-40-37-43-85(88(73)76-55-49-67(94(10,11)12)61-82(76)100(28,29)30)103-106(104-86-44-38-41-74(71-53-47-65(92(4,5)6)59-80(71)98(22,23)24)89(86)77-56-50-68(95(13,14)15)62-83(77)101(31,32)33)105-87-45-39-42-75(72-54-48-66(93(7,8)9)60-81(72)99(25,26)27)90(87)78-57-51-69(96(16,17)18)63-84(78)102(34,35)36/h37-63H,1-36H3. The molecule has 0 spiro atoms. The summed E-state index contributed by atoms with van der Waals surface area (Å²) in [7, 11) is -2.49. The molecule has 0 aromatic heterocycles. The molecule has 0 atom stereocenters. The van der Waals surface area contributed by atoms with Crippen LogP contribution in [-0.2, 0) is 65.0 Å². The molecule has 9 aromatic rings. The number of benzene rings is 9. The number of rotatable bonds is 12. The Labute approximate surface area is 647 Å². The van der Waals surface area contributed by atoms with E-state index in [0.717, 1.165) is 66.8 Å². The molecule has 4 heteroatoms. The molecule has 0 N–H and O–H groups in total. The van der Waals surface area contributed by atoms with Crippen LogP contribution < -0.4 is 13.6 Å². The van der Waals surface area contributed by atoms with E-state index in [4.69, 9.17) is 13.6 Å². The fraction of sp³-hybridized carbons (Fsp3) is 0.471. The summed E-state index contributed by atoms with van der Waals surface area (Å²) in [5.41, 5.74) is 26.1. The van der Waals surface area contributed by atoms with Gasteiger partial charge in [-0.25, -0.2) is 0 Å². The first-order valence-corrected chi connectivity index (χ1v) is 40.4. The van der Waals surface area contributed by atoms with E-state index < -0.39 is 8.60 Å². The summed E-state index contributed by atoms with van der Waals surface area (Å²) in [6.45, 7) is 84.1. The Balaban J connectivity index is 1.50. The lowest BCUT2D eigenvalue weighted by Gasteiger charge is -2.32. The second-order valence-electron chi connectivity index (χ2n) is 43.1. The smallest absolute Gasteiger partial charge is 0.408 e. The Morgan fingerprint density at radius 2 is 0.330 bits per heavy atom. The van der Waals surface area contributed by atoms with Gasteiger partial charge in [0.1, 0.15) is 17.2 Å². The highest BCUT2D eigenvalue weighted by Gasteiger charge is 2.37. The molecule has 566 valence electrons. The van der Waals surface area contributed by atoms with Crippen LogP contribution in [0.5, 0.6) is 17.2 Å². The molecule has 9 rings (SSSR count). The molecule has 0 aliphatic carbocycles. The molecule has 0 amide bonds. The first-order chi connectivity index (χ1) is 48.2. The van der Waals surface area contributed by atoms with Crippen LogP contribution in [-0.4, -0.2) is 0 Å². The van der Waals surface area contributed by atoms with E-state index in [1.54, 1.807) is 0 Å². The molecule has 0 aliphatic heterocycles. The van der Waals surface area contributed by atoms with Gasteiger partial charge in [-0.3, -0.25) is 0 Å². The molecule has 3 nitrogen and oxygen atoms in total. The van der Waals surface area contributed by atoms with Crippen molar-refractivity contribution in [3.8, 4) is 84.0 Å². The molecule has 0 unspecified atom stereocenters. The lowest BCUT2D eigenvalue weighted by molar-refractivity contribution is 0.390. The van der Waals surface area contributed by atoms with E-state index in [0.29, 0.717) is 17.2 Å². The summed E-state index contributed by atoms with van der Waals surface area (Å²) < 4.78 is 24.7. The predicted octanol–water partition coefficient (Wildman–Crippen LogP) is 31.0. The van der Waals surface area contributed by atoms with Crippen LogP contribution in [0.1, 0.15) is 316 Å². The molecule has 106 heavy (non-hydrogen) atoms. The SMILES string of the molecule is CC(C)(C)c1ccc(-c2cccc(OP(Oc3cccc(-c4ccc(C(C)(C)C)cc4C(C)(C)C)c3-c3ccc(C(C)(C)C)cc3C(C)(C)C)Oc3cccc(-c4ccc(C(C)(C)C)cc4C(C)(C)C)c3-c3ccc(C(C)(C)C)cc3C(C)(C)C)c2-c2ccc(C(C)(C)C)cc2C(C)(C)C)c(C(C)(C)C)c1. The van der Waals surface area contributed by atoms with Gasteiger partial charge in [0.15, 0.2) is 0 Å². The zero-order valence-corrected chi connectivity index (χ0v) is 73.7. The van der Waals surface area contributed by atoms with Gasteiger partial charge in [0.2, 0.25) is 0 Å².